The molecular formula is C12H16BrNO2. The van der Waals surface area contributed by atoms with Crippen LogP contribution < -0.4 is 5.32 Å². The van der Waals surface area contributed by atoms with E-state index in [0.29, 0.717) is 15.8 Å². The maximum Gasteiger partial charge on any atom is 0.287 e. The summed E-state index contributed by atoms with van der Waals surface area (Å²) >= 11 is 3.18. The fraction of sp³-hybridized carbons (Fsp3) is 0.583. The average molecular weight is 286 g/mol. The number of halogens is 1. The molecule has 0 saturated heterocycles. The number of nitrogens with one attached hydrogen (secondary N) is 1. The first kappa shape index (κ1) is 11.7. The van der Waals surface area contributed by atoms with Gasteiger partial charge >= 0.3 is 0 Å². The van der Waals surface area contributed by atoms with E-state index >= 15 is 0 Å². The number of amides is 1. The number of carbonyl (C=O) groups excluding carboxylic acids is 1. The van der Waals surface area contributed by atoms with Gasteiger partial charge in [0.25, 0.3) is 5.91 Å². The monoisotopic (exact) mass is 285 g/mol. The summed E-state index contributed by atoms with van der Waals surface area (Å²) < 4.78 is 5.79. The van der Waals surface area contributed by atoms with E-state index in [4.69, 9.17) is 4.42 Å². The lowest BCUT2D eigenvalue weighted by molar-refractivity contribution is 0.0914. The lowest BCUT2D eigenvalue weighted by Crippen LogP contribution is -2.29. The molecule has 2 rings (SSSR count). The van der Waals surface area contributed by atoms with Crippen LogP contribution in [0.15, 0.2) is 21.2 Å². The Morgan fingerprint density at radius 1 is 1.56 bits per heavy atom. The van der Waals surface area contributed by atoms with Crippen molar-refractivity contribution >= 4 is 21.8 Å². The Labute approximate surface area is 104 Å². The third kappa shape index (κ3) is 2.67. The number of furan rings is 1. The molecule has 4 heteroatoms. The second kappa shape index (κ2) is 4.62. The summed E-state index contributed by atoms with van der Waals surface area (Å²) in [6.45, 7) is 2.96. The standard InChI is InChI=1S/C12H16BrNO2/c1-2-5-12(6-7-12)8-14-11(15)9-3-4-10(13)16-9/h3-4H,2,5-8H2,1H3,(H,14,15). The van der Waals surface area contributed by atoms with E-state index in [9.17, 15) is 4.79 Å². The topological polar surface area (TPSA) is 42.2 Å². The second-order valence-electron chi connectivity index (χ2n) is 4.54. The molecule has 1 heterocycles. The van der Waals surface area contributed by atoms with Gasteiger partial charge in [0.15, 0.2) is 10.4 Å². The molecule has 0 spiro atoms. The quantitative estimate of drug-likeness (QED) is 0.902. The Bertz CT molecular complexity index is 382. The highest BCUT2D eigenvalue weighted by molar-refractivity contribution is 9.10. The summed E-state index contributed by atoms with van der Waals surface area (Å²) in [5.41, 5.74) is 0.383. The van der Waals surface area contributed by atoms with Gasteiger partial charge in [-0.05, 0) is 52.7 Å². The summed E-state index contributed by atoms with van der Waals surface area (Å²) in [4.78, 5) is 11.7. The van der Waals surface area contributed by atoms with Crippen LogP contribution in [0.3, 0.4) is 0 Å². The molecule has 88 valence electrons. The van der Waals surface area contributed by atoms with Gasteiger partial charge < -0.3 is 9.73 Å². The van der Waals surface area contributed by atoms with Crippen LogP contribution in [0.1, 0.15) is 43.2 Å². The SMILES string of the molecule is CCCC1(CNC(=O)c2ccc(Br)o2)CC1. The first-order valence-electron chi connectivity index (χ1n) is 5.69. The van der Waals surface area contributed by atoms with Gasteiger partial charge in [0.2, 0.25) is 0 Å². The summed E-state index contributed by atoms with van der Waals surface area (Å²) in [6.07, 6.45) is 4.86. The normalized spacial score (nSPS) is 17.1. The van der Waals surface area contributed by atoms with Gasteiger partial charge in [-0.2, -0.15) is 0 Å². The van der Waals surface area contributed by atoms with Crippen LogP contribution >= 0.6 is 15.9 Å². The summed E-state index contributed by atoms with van der Waals surface area (Å²) in [6, 6.07) is 3.41. The largest absolute Gasteiger partial charge is 0.444 e. The molecular weight excluding hydrogens is 270 g/mol. The highest BCUT2D eigenvalue weighted by Crippen LogP contribution is 2.48. The van der Waals surface area contributed by atoms with Crippen molar-refractivity contribution in [1.29, 1.82) is 0 Å². The van der Waals surface area contributed by atoms with Crippen LogP contribution in [0.25, 0.3) is 0 Å². The van der Waals surface area contributed by atoms with Crippen molar-refractivity contribution < 1.29 is 9.21 Å². The van der Waals surface area contributed by atoms with Crippen molar-refractivity contribution in [1.82, 2.24) is 5.32 Å². The van der Waals surface area contributed by atoms with E-state index in [2.05, 4.69) is 28.2 Å². The molecule has 1 amide bonds. The maximum atomic E-state index is 11.7. The van der Waals surface area contributed by atoms with Crippen molar-refractivity contribution in [2.75, 3.05) is 6.54 Å². The van der Waals surface area contributed by atoms with E-state index < -0.39 is 0 Å². The van der Waals surface area contributed by atoms with Gasteiger partial charge in [-0.25, -0.2) is 0 Å². The van der Waals surface area contributed by atoms with Crippen molar-refractivity contribution in [3.63, 3.8) is 0 Å². The van der Waals surface area contributed by atoms with E-state index in [1.165, 1.54) is 25.7 Å². The van der Waals surface area contributed by atoms with Gasteiger partial charge in [-0.3, -0.25) is 4.79 Å². The Balaban J connectivity index is 1.84. The Kier molecular flexibility index (Phi) is 3.38. The van der Waals surface area contributed by atoms with Crippen molar-refractivity contribution in [2.45, 2.75) is 32.6 Å². The van der Waals surface area contributed by atoms with Gasteiger partial charge in [-0.15, -0.1) is 0 Å². The van der Waals surface area contributed by atoms with Crippen molar-refractivity contribution in [3.05, 3.63) is 22.6 Å². The highest BCUT2D eigenvalue weighted by atomic mass is 79.9. The van der Waals surface area contributed by atoms with Crippen LogP contribution in [0.5, 0.6) is 0 Å². The molecule has 1 aromatic rings. The van der Waals surface area contributed by atoms with E-state index in [1.807, 2.05) is 0 Å². The molecule has 1 aliphatic rings. The molecule has 0 atom stereocenters. The fourth-order valence-electron chi connectivity index (χ4n) is 2.01. The van der Waals surface area contributed by atoms with Gasteiger partial charge in [0.1, 0.15) is 0 Å². The summed E-state index contributed by atoms with van der Waals surface area (Å²) in [5, 5.41) is 2.95. The molecule has 0 radical (unpaired) electrons. The first-order chi connectivity index (χ1) is 7.65. The van der Waals surface area contributed by atoms with E-state index in [-0.39, 0.29) is 5.91 Å². The molecule has 0 unspecified atom stereocenters. The Morgan fingerprint density at radius 3 is 2.81 bits per heavy atom. The van der Waals surface area contributed by atoms with Gasteiger partial charge in [0, 0.05) is 6.54 Å². The summed E-state index contributed by atoms with van der Waals surface area (Å²) in [5.74, 6) is 0.257. The Morgan fingerprint density at radius 2 is 2.31 bits per heavy atom. The van der Waals surface area contributed by atoms with Crippen molar-refractivity contribution in [3.8, 4) is 0 Å². The fourth-order valence-corrected chi connectivity index (χ4v) is 2.32. The molecule has 1 aromatic heterocycles. The molecule has 1 N–H and O–H groups in total. The van der Waals surface area contributed by atoms with Crippen LogP contribution in [-0.2, 0) is 0 Å². The number of rotatable bonds is 5. The molecule has 3 nitrogen and oxygen atoms in total. The van der Waals surface area contributed by atoms with Crippen LogP contribution in [-0.4, -0.2) is 12.5 Å². The van der Waals surface area contributed by atoms with E-state index in [1.54, 1.807) is 12.1 Å². The van der Waals surface area contributed by atoms with E-state index in [0.717, 1.165) is 6.54 Å². The molecule has 1 fully saturated rings. The summed E-state index contributed by atoms with van der Waals surface area (Å²) in [7, 11) is 0. The third-order valence-corrected chi connectivity index (χ3v) is 3.58. The first-order valence-corrected chi connectivity index (χ1v) is 6.48. The zero-order chi connectivity index (χ0) is 11.6. The molecule has 0 aliphatic heterocycles. The average Bonchev–Trinajstić information content (AvgIpc) is 2.89. The zero-order valence-electron chi connectivity index (χ0n) is 9.38. The molecule has 16 heavy (non-hydrogen) atoms. The smallest absolute Gasteiger partial charge is 0.287 e. The zero-order valence-corrected chi connectivity index (χ0v) is 11.0. The van der Waals surface area contributed by atoms with Crippen molar-refractivity contribution in [2.24, 2.45) is 5.41 Å². The minimum absolute atomic E-state index is 0.118. The van der Waals surface area contributed by atoms with Crippen LogP contribution in [0, 0.1) is 5.41 Å². The molecule has 0 bridgehead atoms. The maximum absolute atomic E-state index is 11.7. The van der Waals surface area contributed by atoms with Gasteiger partial charge in [-0.1, -0.05) is 13.3 Å². The minimum Gasteiger partial charge on any atom is -0.444 e. The minimum atomic E-state index is -0.118. The van der Waals surface area contributed by atoms with Crippen LogP contribution in [0.4, 0.5) is 0 Å². The highest BCUT2D eigenvalue weighted by Gasteiger charge is 2.41. The second-order valence-corrected chi connectivity index (χ2v) is 5.32. The lowest BCUT2D eigenvalue weighted by Gasteiger charge is -2.13. The molecule has 1 aliphatic carbocycles. The number of hydrogen-bond donors (Lipinski definition) is 1. The third-order valence-electron chi connectivity index (χ3n) is 3.16. The number of carbonyl (C=O) groups is 1. The van der Waals surface area contributed by atoms with Gasteiger partial charge in [0.05, 0.1) is 0 Å². The predicted molar refractivity (Wildman–Crippen MR) is 65.3 cm³/mol. The number of hydrogen-bond acceptors (Lipinski definition) is 2. The molecule has 0 aromatic carbocycles. The Hall–Kier alpha value is -0.770. The van der Waals surface area contributed by atoms with Crippen LogP contribution in [0.2, 0.25) is 0 Å². The predicted octanol–water partition coefficient (Wildman–Crippen LogP) is 3.35. The lowest BCUT2D eigenvalue weighted by atomic mass is 10.0. The molecule has 1 saturated carbocycles.